The van der Waals surface area contributed by atoms with Gasteiger partial charge in [-0.2, -0.15) is 0 Å². The molecule has 18 heavy (non-hydrogen) atoms. The van der Waals surface area contributed by atoms with E-state index in [4.69, 9.17) is 0 Å². The Morgan fingerprint density at radius 1 is 1.33 bits per heavy atom. The molecule has 2 rings (SSSR count). The molecule has 0 aliphatic carbocycles. The van der Waals surface area contributed by atoms with Gasteiger partial charge in [-0.05, 0) is 50.9 Å². The number of likely N-dealkylation sites (tertiary alicyclic amines) is 1. The molecule has 0 amide bonds. The molecule has 1 N–H and O–H groups in total. The number of piperidine rings is 1. The first-order chi connectivity index (χ1) is 8.47. The Labute approximate surface area is 109 Å². The minimum absolute atomic E-state index is 0.145. The molecule has 1 heterocycles. The summed E-state index contributed by atoms with van der Waals surface area (Å²) in [7, 11) is 2.16. The van der Waals surface area contributed by atoms with Crippen LogP contribution in [0.15, 0.2) is 18.2 Å². The Morgan fingerprint density at radius 3 is 2.72 bits per heavy atom. The largest absolute Gasteiger partial charge is 0.380 e. The highest BCUT2D eigenvalue weighted by molar-refractivity contribution is 5.47. The fourth-order valence-corrected chi connectivity index (χ4v) is 2.68. The van der Waals surface area contributed by atoms with E-state index in [1.807, 2.05) is 19.1 Å². The van der Waals surface area contributed by atoms with E-state index in [2.05, 4.69) is 31.1 Å². The topological polar surface area (TPSA) is 15.3 Å². The van der Waals surface area contributed by atoms with Crippen molar-refractivity contribution in [3.63, 3.8) is 0 Å². The van der Waals surface area contributed by atoms with Crippen molar-refractivity contribution in [1.82, 2.24) is 4.90 Å². The van der Waals surface area contributed by atoms with Crippen LogP contribution in [0.2, 0.25) is 0 Å². The van der Waals surface area contributed by atoms with E-state index in [0.29, 0.717) is 23.7 Å². The molecule has 1 aromatic carbocycles. The second kappa shape index (κ2) is 5.27. The van der Waals surface area contributed by atoms with Gasteiger partial charge in [0, 0.05) is 18.6 Å². The lowest BCUT2D eigenvalue weighted by atomic mass is 9.89. The van der Waals surface area contributed by atoms with Crippen LogP contribution in [0, 0.1) is 18.7 Å². The predicted molar refractivity (Wildman–Crippen MR) is 74.4 cm³/mol. The van der Waals surface area contributed by atoms with E-state index in [-0.39, 0.29) is 5.82 Å². The van der Waals surface area contributed by atoms with Crippen molar-refractivity contribution in [3.05, 3.63) is 29.6 Å². The molecule has 1 aliphatic heterocycles. The number of anilines is 1. The van der Waals surface area contributed by atoms with Crippen LogP contribution in [0.4, 0.5) is 10.1 Å². The van der Waals surface area contributed by atoms with Gasteiger partial charge in [0.1, 0.15) is 5.82 Å². The third-order valence-corrected chi connectivity index (χ3v) is 4.08. The Hall–Kier alpha value is -1.09. The van der Waals surface area contributed by atoms with Gasteiger partial charge in [-0.3, -0.25) is 0 Å². The summed E-state index contributed by atoms with van der Waals surface area (Å²) >= 11 is 0. The van der Waals surface area contributed by atoms with Crippen LogP contribution in [-0.4, -0.2) is 30.6 Å². The summed E-state index contributed by atoms with van der Waals surface area (Å²) in [4.78, 5) is 2.37. The standard InChI is InChI=1S/C15H23FN2/c1-10-5-6-14(13(16)7-10)17-15-8-12(3)18(4)9-11(15)2/h5-7,11-12,15,17H,8-9H2,1-4H3. The van der Waals surface area contributed by atoms with Gasteiger partial charge in [-0.1, -0.05) is 13.0 Å². The maximum atomic E-state index is 13.8. The van der Waals surface area contributed by atoms with Crippen molar-refractivity contribution in [2.24, 2.45) is 5.92 Å². The van der Waals surface area contributed by atoms with Crippen LogP contribution in [0.25, 0.3) is 0 Å². The maximum absolute atomic E-state index is 13.8. The van der Waals surface area contributed by atoms with Crippen LogP contribution in [-0.2, 0) is 0 Å². The Kier molecular flexibility index (Phi) is 3.91. The van der Waals surface area contributed by atoms with Crippen molar-refractivity contribution < 1.29 is 4.39 Å². The predicted octanol–water partition coefficient (Wildman–Crippen LogP) is 3.27. The minimum atomic E-state index is -0.145. The monoisotopic (exact) mass is 250 g/mol. The first-order valence-electron chi connectivity index (χ1n) is 6.70. The smallest absolute Gasteiger partial charge is 0.146 e. The van der Waals surface area contributed by atoms with Crippen molar-refractivity contribution in [2.75, 3.05) is 18.9 Å². The number of rotatable bonds is 2. The number of hydrogen-bond donors (Lipinski definition) is 1. The third kappa shape index (κ3) is 2.83. The van der Waals surface area contributed by atoms with Gasteiger partial charge in [-0.15, -0.1) is 0 Å². The Bertz CT molecular complexity index is 419. The van der Waals surface area contributed by atoms with E-state index in [0.717, 1.165) is 18.5 Å². The van der Waals surface area contributed by atoms with Crippen LogP contribution in [0.3, 0.4) is 0 Å². The maximum Gasteiger partial charge on any atom is 0.146 e. The van der Waals surface area contributed by atoms with Crippen molar-refractivity contribution in [3.8, 4) is 0 Å². The van der Waals surface area contributed by atoms with Gasteiger partial charge in [0.05, 0.1) is 5.69 Å². The summed E-state index contributed by atoms with van der Waals surface area (Å²) in [6, 6.07) is 6.29. The molecular weight excluding hydrogens is 227 g/mol. The molecule has 1 saturated heterocycles. The molecule has 3 unspecified atom stereocenters. The third-order valence-electron chi connectivity index (χ3n) is 4.08. The first kappa shape index (κ1) is 13.3. The summed E-state index contributed by atoms with van der Waals surface area (Å²) in [6.45, 7) is 7.43. The van der Waals surface area contributed by atoms with Gasteiger partial charge in [-0.25, -0.2) is 4.39 Å². The van der Waals surface area contributed by atoms with Crippen LogP contribution < -0.4 is 5.32 Å². The highest BCUT2D eigenvalue weighted by Crippen LogP contribution is 2.25. The summed E-state index contributed by atoms with van der Waals surface area (Å²) in [5.74, 6) is 0.390. The average molecular weight is 250 g/mol. The fourth-order valence-electron chi connectivity index (χ4n) is 2.68. The molecule has 1 fully saturated rings. The molecule has 0 spiro atoms. The number of benzene rings is 1. The van der Waals surface area contributed by atoms with E-state index < -0.39 is 0 Å². The fraction of sp³-hybridized carbons (Fsp3) is 0.600. The van der Waals surface area contributed by atoms with E-state index in [1.165, 1.54) is 0 Å². The number of halogens is 1. The number of hydrogen-bond acceptors (Lipinski definition) is 2. The number of nitrogens with zero attached hydrogens (tertiary/aromatic N) is 1. The van der Waals surface area contributed by atoms with Crippen LogP contribution in [0.5, 0.6) is 0 Å². The summed E-state index contributed by atoms with van der Waals surface area (Å²) in [5, 5.41) is 3.38. The molecule has 0 aromatic heterocycles. The summed E-state index contributed by atoms with van der Waals surface area (Å²) in [5.41, 5.74) is 1.59. The highest BCUT2D eigenvalue weighted by Gasteiger charge is 2.29. The van der Waals surface area contributed by atoms with E-state index in [1.54, 1.807) is 6.07 Å². The normalized spacial score (nSPS) is 29.3. The lowest BCUT2D eigenvalue weighted by molar-refractivity contribution is 0.145. The molecule has 3 heteroatoms. The zero-order valence-electron chi connectivity index (χ0n) is 11.7. The van der Waals surface area contributed by atoms with Gasteiger partial charge in [0.2, 0.25) is 0 Å². The molecule has 1 aliphatic rings. The lowest BCUT2D eigenvalue weighted by Gasteiger charge is -2.40. The number of aryl methyl sites for hydroxylation is 1. The second-order valence-corrected chi connectivity index (χ2v) is 5.74. The van der Waals surface area contributed by atoms with Crippen LogP contribution in [0.1, 0.15) is 25.8 Å². The zero-order valence-corrected chi connectivity index (χ0v) is 11.7. The molecule has 0 bridgehead atoms. The lowest BCUT2D eigenvalue weighted by Crippen LogP contribution is -2.48. The van der Waals surface area contributed by atoms with Gasteiger partial charge < -0.3 is 10.2 Å². The number of nitrogens with one attached hydrogen (secondary N) is 1. The highest BCUT2D eigenvalue weighted by atomic mass is 19.1. The van der Waals surface area contributed by atoms with Crippen LogP contribution >= 0.6 is 0 Å². The Balaban J connectivity index is 2.08. The molecule has 3 atom stereocenters. The van der Waals surface area contributed by atoms with Crippen molar-refractivity contribution in [1.29, 1.82) is 0 Å². The van der Waals surface area contributed by atoms with Crippen molar-refractivity contribution in [2.45, 2.75) is 39.3 Å². The molecule has 2 nitrogen and oxygen atoms in total. The summed E-state index contributed by atoms with van der Waals surface area (Å²) in [6.07, 6.45) is 1.06. The molecule has 0 saturated carbocycles. The molecule has 0 radical (unpaired) electrons. The van der Waals surface area contributed by atoms with Crippen molar-refractivity contribution >= 4 is 5.69 Å². The zero-order chi connectivity index (χ0) is 13.3. The van der Waals surface area contributed by atoms with E-state index in [9.17, 15) is 4.39 Å². The molecular formula is C15H23FN2. The van der Waals surface area contributed by atoms with Gasteiger partial charge >= 0.3 is 0 Å². The minimum Gasteiger partial charge on any atom is -0.380 e. The molecule has 1 aromatic rings. The Morgan fingerprint density at radius 2 is 2.06 bits per heavy atom. The SMILES string of the molecule is Cc1ccc(NC2CC(C)N(C)CC2C)c(F)c1. The second-order valence-electron chi connectivity index (χ2n) is 5.74. The molecule has 100 valence electrons. The average Bonchev–Trinajstić information content (AvgIpc) is 2.29. The quantitative estimate of drug-likeness (QED) is 0.866. The first-order valence-corrected chi connectivity index (χ1v) is 6.70. The van der Waals surface area contributed by atoms with Gasteiger partial charge in [0.15, 0.2) is 0 Å². The summed E-state index contributed by atoms with van der Waals surface area (Å²) < 4.78 is 13.8. The van der Waals surface area contributed by atoms with Gasteiger partial charge in [0.25, 0.3) is 0 Å². The van der Waals surface area contributed by atoms with E-state index >= 15 is 0 Å².